The number of hydrogen-bond acceptors (Lipinski definition) is 10. The zero-order valence-corrected chi connectivity index (χ0v) is 22.1. The molecule has 3 unspecified atom stereocenters. The van der Waals surface area contributed by atoms with Crippen LogP contribution in [0.15, 0.2) is 29.2 Å². The lowest BCUT2D eigenvalue weighted by atomic mass is 10.1. The third-order valence-corrected chi connectivity index (χ3v) is 10.1. The zero-order valence-electron chi connectivity index (χ0n) is 20.5. The first-order chi connectivity index (χ1) is 18.5. The van der Waals surface area contributed by atoms with Gasteiger partial charge in [-0.15, -0.1) is 0 Å². The van der Waals surface area contributed by atoms with Crippen molar-refractivity contribution in [3.63, 3.8) is 0 Å². The molecule has 2 aromatic rings. The van der Waals surface area contributed by atoms with Crippen molar-refractivity contribution < 1.29 is 31.1 Å². The van der Waals surface area contributed by atoms with Crippen molar-refractivity contribution in [3.8, 4) is 6.07 Å². The van der Waals surface area contributed by atoms with Crippen LogP contribution in [0.2, 0.25) is 5.02 Å². The van der Waals surface area contributed by atoms with Crippen LogP contribution < -0.4 is 9.80 Å². The van der Waals surface area contributed by atoms with Crippen LogP contribution in [0.4, 0.5) is 24.7 Å². The summed E-state index contributed by atoms with van der Waals surface area (Å²) in [6.07, 6.45) is -3.09. The van der Waals surface area contributed by atoms with Crippen molar-refractivity contribution in [3.05, 3.63) is 40.8 Å². The van der Waals surface area contributed by atoms with Gasteiger partial charge in [0.2, 0.25) is 5.82 Å². The number of hydrogen-bond donors (Lipinski definition) is 0. The molecular weight excluding hydrogens is 561 g/mol. The lowest BCUT2D eigenvalue weighted by molar-refractivity contribution is -0.145. The smallest absolute Gasteiger partial charge is 0.433 e. The second-order valence-electron chi connectivity index (χ2n) is 9.69. The molecule has 3 fully saturated rings. The molecule has 15 heteroatoms. The van der Waals surface area contributed by atoms with Crippen molar-refractivity contribution in [1.29, 1.82) is 5.26 Å². The van der Waals surface area contributed by atoms with Crippen LogP contribution in [0.1, 0.15) is 30.8 Å². The Hall–Kier alpha value is -3.15. The van der Waals surface area contributed by atoms with Gasteiger partial charge in [0.1, 0.15) is 11.9 Å². The molecule has 208 valence electrons. The van der Waals surface area contributed by atoms with E-state index in [9.17, 15) is 26.4 Å². The summed E-state index contributed by atoms with van der Waals surface area (Å²) in [6.45, 7) is 2.39. The molecule has 3 atom stereocenters. The highest BCUT2D eigenvalue weighted by molar-refractivity contribution is 7.92. The molecule has 0 saturated carbocycles. The number of sulfone groups is 1. The largest absolute Gasteiger partial charge is 0.447 e. The quantitative estimate of drug-likeness (QED) is 0.469. The number of anilines is 2. The van der Waals surface area contributed by atoms with Gasteiger partial charge in [-0.2, -0.15) is 18.4 Å². The van der Waals surface area contributed by atoms with Gasteiger partial charge in [-0.05, 0) is 37.5 Å². The van der Waals surface area contributed by atoms with Gasteiger partial charge >= 0.3 is 6.18 Å². The van der Waals surface area contributed by atoms with E-state index in [1.165, 1.54) is 17.0 Å². The van der Waals surface area contributed by atoms with Gasteiger partial charge in [0.15, 0.2) is 21.8 Å². The Labute approximate surface area is 227 Å². The predicted octanol–water partition coefficient (Wildman–Crippen LogP) is 2.86. The lowest BCUT2D eigenvalue weighted by Gasteiger charge is -2.43. The highest BCUT2D eigenvalue weighted by Crippen LogP contribution is 2.36. The number of halogens is 4. The Kier molecular flexibility index (Phi) is 7.34. The van der Waals surface area contributed by atoms with Gasteiger partial charge in [0.05, 0.1) is 21.7 Å². The van der Waals surface area contributed by atoms with Crippen molar-refractivity contribution in [2.24, 2.45) is 0 Å². The van der Waals surface area contributed by atoms with Crippen molar-refractivity contribution in [2.45, 2.75) is 47.9 Å². The Morgan fingerprint density at radius 3 is 2.59 bits per heavy atom. The number of piperazine rings is 1. The number of ether oxygens (including phenoxy) is 1. The van der Waals surface area contributed by atoms with Gasteiger partial charge in [-0.1, -0.05) is 11.6 Å². The first-order valence-corrected chi connectivity index (χ1v) is 14.2. The highest BCUT2D eigenvalue weighted by Gasteiger charge is 2.40. The van der Waals surface area contributed by atoms with E-state index in [1.807, 2.05) is 4.90 Å². The molecule has 39 heavy (non-hydrogen) atoms. The number of nitrogens with zero attached hydrogens (tertiary/aromatic N) is 6. The fraction of sp³-hybridized carbons (Fsp3) is 0.500. The molecule has 3 aliphatic rings. The Balaban J connectivity index is 1.34. The average Bonchev–Trinajstić information content (AvgIpc) is 3.58. The van der Waals surface area contributed by atoms with Gasteiger partial charge in [0.25, 0.3) is 6.47 Å². The van der Waals surface area contributed by atoms with E-state index < -0.39 is 39.0 Å². The second-order valence-corrected chi connectivity index (χ2v) is 12.3. The van der Waals surface area contributed by atoms with Gasteiger partial charge in [-0.3, -0.25) is 9.69 Å². The molecule has 4 heterocycles. The molecule has 0 amide bonds. The number of carbonyl (C=O) groups excluding carboxylic acids is 1. The van der Waals surface area contributed by atoms with Crippen molar-refractivity contribution >= 4 is 39.4 Å². The second kappa shape index (κ2) is 10.4. The summed E-state index contributed by atoms with van der Waals surface area (Å²) in [6, 6.07) is 7.10. The third kappa shape index (κ3) is 5.35. The zero-order chi connectivity index (χ0) is 27.9. The first-order valence-electron chi connectivity index (χ1n) is 12.3. The van der Waals surface area contributed by atoms with E-state index in [2.05, 4.69) is 14.9 Å². The Morgan fingerprint density at radius 2 is 1.90 bits per heavy atom. The van der Waals surface area contributed by atoms with Crippen molar-refractivity contribution in [1.82, 2.24) is 14.9 Å². The Bertz CT molecular complexity index is 1420. The van der Waals surface area contributed by atoms with E-state index in [0.29, 0.717) is 31.3 Å². The number of aromatic nitrogens is 2. The number of benzene rings is 1. The summed E-state index contributed by atoms with van der Waals surface area (Å²) < 4.78 is 72.0. The molecule has 3 aliphatic heterocycles. The van der Waals surface area contributed by atoms with E-state index in [1.54, 1.807) is 12.1 Å². The number of rotatable bonds is 6. The lowest BCUT2D eigenvalue weighted by Crippen LogP contribution is -2.57. The maximum atomic E-state index is 13.5. The standard InChI is InChI=1S/C24H24ClF3N6O4S/c25-18-8-15(33-11-16-2-1-6-34(16)23(13-33)38-14-35)3-4-19(18)39(36,37)17-5-7-32(12-17)22-9-20(24(26,27)28)30-21(10-29)31-22/h3-4,8-9,14,16-17,23H,1-2,5-7,11-13H2. The third-order valence-electron chi connectivity index (χ3n) is 7.41. The molecule has 1 aromatic carbocycles. The maximum Gasteiger partial charge on any atom is 0.433 e. The molecule has 3 saturated heterocycles. The highest BCUT2D eigenvalue weighted by atomic mass is 35.5. The van der Waals surface area contributed by atoms with Gasteiger partial charge < -0.3 is 14.5 Å². The minimum absolute atomic E-state index is 0.0285. The molecule has 5 rings (SSSR count). The van der Waals surface area contributed by atoms with Crippen LogP contribution in [-0.4, -0.2) is 80.0 Å². The van der Waals surface area contributed by atoms with E-state index in [-0.39, 0.29) is 41.3 Å². The first kappa shape index (κ1) is 27.4. The average molecular weight is 585 g/mol. The van der Waals surface area contributed by atoms with Gasteiger partial charge in [-0.25, -0.2) is 18.4 Å². The maximum absolute atomic E-state index is 13.5. The molecular formula is C24H24ClF3N6O4S. The fourth-order valence-corrected chi connectivity index (χ4v) is 7.77. The van der Waals surface area contributed by atoms with E-state index in [0.717, 1.165) is 19.4 Å². The topological polar surface area (TPSA) is 120 Å². The summed E-state index contributed by atoms with van der Waals surface area (Å²) in [4.78, 5) is 23.6. The number of fused-ring (bicyclic) bond motifs is 1. The number of nitriles is 1. The minimum atomic E-state index is -4.78. The summed E-state index contributed by atoms with van der Waals surface area (Å²) in [5.74, 6) is -0.810. The van der Waals surface area contributed by atoms with Crippen molar-refractivity contribution in [2.75, 3.05) is 42.5 Å². The molecule has 0 radical (unpaired) electrons. The summed E-state index contributed by atoms with van der Waals surface area (Å²) in [5, 5.41) is 8.15. The monoisotopic (exact) mass is 584 g/mol. The molecule has 1 aromatic heterocycles. The molecule has 0 bridgehead atoms. The van der Waals surface area contributed by atoms with Gasteiger partial charge in [0, 0.05) is 44.0 Å². The molecule has 0 aliphatic carbocycles. The van der Waals surface area contributed by atoms with E-state index in [4.69, 9.17) is 21.6 Å². The van der Waals surface area contributed by atoms with E-state index >= 15 is 0 Å². The van der Waals surface area contributed by atoms with Crippen LogP contribution in [0.3, 0.4) is 0 Å². The molecule has 0 spiro atoms. The van der Waals surface area contributed by atoms with Crippen LogP contribution in [-0.2, 0) is 25.5 Å². The normalized spacial score (nSPS) is 23.9. The molecule has 0 N–H and O–H groups in total. The molecule has 10 nitrogen and oxygen atoms in total. The van der Waals surface area contributed by atoms with Crippen LogP contribution in [0, 0.1) is 11.3 Å². The predicted molar refractivity (Wildman–Crippen MR) is 134 cm³/mol. The fourth-order valence-electron chi connectivity index (χ4n) is 5.53. The Morgan fingerprint density at radius 1 is 1.10 bits per heavy atom. The van der Waals surface area contributed by atoms with Crippen LogP contribution in [0.5, 0.6) is 0 Å². The van der Waals surface area contributed by atoms with Crippen LogP contribution >= 0.6 is 11.6 Å². The summed E-state index contributed by atoms with van der Waals surface area (Å²) in [5.41, 5.74) is -0.573. The summed E-state index contributed by atoms with van der Waals surface area (Å²) in [7, 11) is -3.95. The minimum Gasteiger partial charge on any atom is -0.447 e. The number of carbonyl (C=O) groups is 1. The number of alkyl halides is 3. The van der Waals surface area contributed by atoms with Crippen LogP contribution in [0.25, 0.3) is 0 Å². The summed E-state index contributed by atoms with van der Waals surface area (Å²) >= 11 is 6.49. The SMILES string of the molecule is N#Cc1nc(N2CCC(S(=O)(=O)c3ccc(N4CC5CCCN5C(OC=O)C4)cc3Cl)C2)cc(C(F)(F)F)n1.